The van der Waals surface area contributed by atoms with Crippen molar-refractivity contribution in [2.45, 2.75) is 38.7 Å². The fourth-order valence-corrected chi connectivity index (χ4v) is 1.86. The van der Waals surface area contributed by atoms with Crippen molar-refractivity contribution in [1.82, 2.24) is 0 Å². The van der Waals surface area contributed by atoms with Crippen LogP contribution in [-0.2, 0) is 5.60 Å². The van der Waals surface area contributed by atoms with Crippen LogP contribution in [0.2, 0.25) is 0 Å². The van der Waals surface area contributed by atoms with E-state index < -0.39 is 5.60 Å². The van der Waals surface area contributed by atoms with Gasteiger partial charge in [-0.05, 0) is 30.5 Å². The molecular formula is C14H23NO2. The van der Waals surface area contributed by atoms with Gasteiger partial charge in [0, 0.05) is 6.54 Å². The van der Waals surface area contributed by atoms with E-state index in [-0.39, 0.29) is 6.54 Å². The van der Waals surface area contributed by atoms with Crippen molar-refractivity contribution in [2.24, 2.45) is 5.73 Å². The molecule has 0 aliphatic heterocycles. The third-order valence-electron chi connectivity index (χ3n) is 2.87. The minimum Gasteiger partial charge on any atom is -0.494 e. The van der Waals surface area contributed by atoms with Crippen LogP contribution in [0.25, 0.3) is 0 Å². The molecule has 0 spiro atoms. The lowest BCUT2D eigenvalue weighted by Crippen LogP contribution is -2.34. The maximum Gasteiger partial charge on any atom is 0.119 e. The average molecular weight is 237 g/mol. The largest absolute Gasteiger partial charge is 0.494 e. The van der Waals surface area contributed by atoms with Gasteiger partial charge in [0.25, 0.3) is 0 Å². The van der Waals surface area contributed by atoms with Gasteiger partial charge in [0.05, 0.1) is 6.61 Å². The average Bonchev–Trinajstić information content (AvgIpc) is 2.37. The molecule has 0 amide bonds. The summed E-state index contributed by atoms with van der Waals surface area (Å²) in [5, 5.41) is 10.4. The van der Waals surface area contributed by atoms with Gasteiger partial charge < -0.3 is 15.6 Å². The molecule has 0 bridgehead atoms. The molecule has 0 aliphatic rings. The quantitative estimate of drug-likeness (QED) is 0.765. The van der Waals surface area contributed by atoms with Crippen molar-refractivity contribution in [3.8, 4) is 5.75 Å². The number of ether oxygens (including phenoxy) is 1. The van der Waals surface area contributed by atoms with Crippen LogP contribution < -0.4 is 10.5 Å². The third kappa shape index (κ3) is 3.72. The lowest BCUT2D eigenvalue weighted by molar-refractivity contribution is 0.0359. The molecule has 3 heteroatoms. The van der Waals surface area contributed by atoms with E-state index in [0.29, 0.717) is 6.42 Å². The summed E-state index contributed by atoms with van der Waals surface area (Å²) in [4.78, 5) is 0. The van der Waals surface area contributed by atoms with Crippen LogP contribution in [0.15, 0.2) is 24.3 Å². The summed E-state index contributed by atoms with van der Waals surface area (Å²) in [6, 6.07) is 7.57. The summed E-state index contributed by atoms with van der Waals surface area (Å²) in [5.41, 5.74) is 5.62. The predicted molar refractivity (Wildman–Crippen MR) is 70.1 cm³/mol. The summed E-state index contributed by atoms with van der Waals surface area (Å²) in [6.07, 6.45) is 2.57. The van der Waals surface area contributed by atoms with E-state index in [9.17, 15) is 5.11 Å². The van der Waals surface area contributed by atoms with Gasteiger partial charge in [0.2, 0.25) is 0 Å². The number of hydrogen-bond acceptors (Lipinski definition) is 3. The molecule has 96 valence electrons. The summed E-state index contributed by atoms with van der Waals surface area (Å²) in [7, 11) is 0. The number of hydrogen-bond donors (Lipinski definition) is 2. The predicted octanol–water partition coefficient (Wildman–Crippen LogP) is 2.42. The van der Waals surface area contributed by atoms with Crippen LogP contribution in [0.1, 0.15) is 38.7 Å². The van der Waals surface area contributed by atoms with E-state index in [1.165, 1.54) is 0 Å². The Balaban J connectivity index is 2.77. The lowest BCUT2D eigenvalue weighted by atomic mass is 9.89. The van der Waals surface area contributed by atoms with Crippen LogP contribution in [0.3, 0.4) is 0 Å². The van der Waals surface area contributed by atoms with Crippen molar-refractivity contribution in [2.75, 3.05) is 13.2 Å². The number of nitrogens with two attached hydrogens (primary N) is 1. The molecule has 3 nitrogen and oxygen atoms in total. The summed E-state index contributed by atoms with van der Waals surface area (Å²) in [5.74, 6) is 0.839. The Bertz CT molecular complexity index is 323. The van der Waals surface area contributed by atoms with E-state index in [0.717, 1.165) is 30.8 Å². The van der Waals surface area contributed by atoms with E-state index in [1.807, 2.05) is 31.2 Å². The molecule has 17 heavy (non-hydrogen) atoms. The molecule has 0 aromatic heterocycles. The monoisotopic (exact) mass is 237 g/mol. The minimum absolute atomic E-state index is 0.246. The standard InChI is InChI=1S/C14H23NO2/c1-3-9-14(16,11-15)12-5-7-13(8-6-12)17-10-4-2/h5-8,16H,3-4,9-11,15H2,1-2H3. The maximum absolute atomic E-state index is 10.4. The van der Waals surface area contributed by atoms with E-state index in [1.54, 1.807) is 0 Å². The molecule has 1 aromatic carbocycles. The SMILES string of the molecule is CCCOc1ccc(C(O)(CN)CCC)cc1. The Labute approximate surface area is 104 Å². The van der Waals surface area contributed by atoms with Gasteiger partial charge in [-0.15, -0.1) is 0 Å². The van der Waals surface area contributed by atoms with Crippen molar-refractivity contribution in [1.29, 1.82) is 0 Å². The smallest absolute Gasteiger partial charge is 0.119 e. The number of aliphatic hydroxyl groups is 1. The molecule has 3 N–H and O–H groups in total. The highest BCUT2D eigenvalue weighted by Crippen LogP contribution is 2.27. The second-order valence-corrected chi connectivity index (χ2v) is 4.36. The summed E-state index contributed by atoms with van der Waals surface area (Å²) < 4.78 is 5.50. The minimum atomic E-state index is -0.905. The molecule has 0 heterocycles. The molecule has 1 aromatic rings. The van der Waals surface area contributed by atoms with Crippen LogP contribution in [0.4, 0.5) is 0 Å². The van der Waals surface area contributed by atoms with Gasteiger partial charge in [-0.2, -0.15) is 0 Å². The van der Waals surface area contributed by atoms with Crippen molar-refractivity contribution in [3.05, 3.63) is 29.8 Å². The molecule has 1 atom stereocenters. The highest BCUT2D eigenvalue weighted by molar-refractivity contribution is 5.31. The Kier molecular flexibility index (Phi) is 5.45. The van der Waals surface area contributed by atoms with Crippen LogP contribution in [-0.4, -0.2) is 18.3 Å². The van der Waals surface area contributed by atoms with Crippen LogP contribution >= 0.6 is 0 Å². The number of rotatable bonds is 7. The van der Waals surface area contributed by atoms with Gasteiger partial charge >= 0.3 is 0 Å². The zero-order chi connectivity index (χ0) is 12.7. The normalized spacial score (nSPS) is 14.4. The topological polar surface area (TPSA) is 55.5 Å². The van der Waals surface area contributed by atoms with Crippen LogP contribution in [0, 0.1) is 0 Å². The Morgan fingerprint density at radius 3 is 2.29 bits per heavy atom. The fraction of sp³-hybridized carbons (Fsp3) is 0.571. The van der Waals surface area contributed by atoms with Gasteiger partial charge in [-0.25, -0.2) is 0 Å². The van der Waals surface area contributed by atoms with Crippen molar-refractivity contribution >= 4 is 0 Å². The second-order valence-electron chi connectivity index (χ2n) is 4.36. The first-order chi connectivity index (χ1) is 8.16. The molecule has 1 rings (SSSR count). The molecule has 0 aliphatic carbocycles. The maximum atomic E-state index is 10.4. The lowest BCUT2D eigenvalue weighted by Gasteiger charge is -2.26. The first kappa shape index (κ1) is 14.0. The zero-order valence-electron chi connectivity index (χ0n) is 10.8. The zero-order valence-corrected chi connectivity index (χ0v) is 10.8. The van der Waals surface area contributed by atoms with Gasteiger partial charge in [0.1, 0.15) is 11.4 Å². The molecular weight excluding hydrogens is 214 g/mol. The number of benzene rings is 1. The van der Waals surface area contributed by atoms with E-state index in [2.05, 4.69) is 6.92 Å². The summed E-state index contributed by atoms with van der Waals surface area (Å²) in [6.45, 7) is 5.08. The Morgan fingerprint density at radius 2 is 1.82 bits per heavy atom. The van der Waals surface area contributed by atoms with Crippen molar-refractivity contribution in [3.63, 3.8) is 0 Å². The van der Waals surface area contributed by atoms with Gasteiger partial charge in [-0.1, -0.05) is 32.4 Å². The second kappa shape index (κ2) is 6.62. The Hall–Kier alpha value is -1.06. The van der Waals surface area contributed by atoms with Crippen LogP contribution in [0.5, 0.6) is 5.75 Å². The third-order valence-corrected chi connectivity index (χ3v) is 2.87. The highest BCUT2D eigenvalue weighted by Gasteiger charge is 2.26. The van der Waals surface area contributed by atoms with E-state index >= 15 is 0 Å². The van der Waals surface area contributed by atoms with E-state index in [4.69, 9.17) is 10.5 Å². The van der Waals surface area contributed by atoms with Crippen molar-refractivity contribution < 1.29 is 9.84 Å². The molecule has 0 saturated carbocycles. The molecule has 1 unspecified atom stereocenters. The molecule has 0 saturated heterocycles. The first-order valence-corrected chi connectivity index (χ1v) is 6.32. The molecule has 0 radical (unpaired) electrons. The van der Waals surface area contributed by atoms with Gasteiger partial charge in [-0.3, -0.25) is 0 Å². The highest BCUT2D eigenvalue weighted by atomic mass is 16.5. The summed E-state index contributed by atoms with van der Waals surface area (Å²) >= 11 is 0. The van der Waals surface area contributed by atoms with Gasteiger partial charge in [0.15, 0.2) is 0 Å². The Morgan fingerprint density at radius 1 is 1.18 bits per heavy atom. The molecule has 0 fully saturated rings. The fourth-order valence-electron chi connectivity index (χ4n) is 1.86. The first-order valence-electron chi connectivity index (χ1n) is 6.32.